The predicted molar refractivity (Wildman–Crippen MR) is 72.9 cm³/mol. The molecule has 0 fully saturated rings. The van der Waals surface area contributed by atoms with Crippen LogP contribution in [0.3, 0.4) is 0 Å². The largest absolute Gasteiger partial charge is 0.497 e. The standard InChI is InChI=1S/C11H13BrN2O3S/c1-3-9(7-13)18(15,16)14-11-6-8(17-2)4-5-10(11)12/h4-6,9,14H,3H2,1-2H3. The zero-order chi connectivity index (χ0) is 13.8. The Bertz CT molecular complexity index is 566. The first kappa shape index (κ1) is 14.8. The van der Waals surface area contributed by atoms with Gasteiger partial charge in [-0.2, -0.15) is 5.26 Å². The van der Waals surface area contributed by atoms with Crippen molar-refractivity contribution < 1.29 is 13.2 Å². The summed E-state index contributed by atoms with van der Waals surface area (Å²) in [5, 5.41) is 7.73. The number of sulfonamides is 1. The summed E-state index contributed by atoms with van der Waals surface area (Å²) in [5.74, 6) is 0.529. The Labute approximate surface area is 115 Å². The Morgan fingerprint density at radius 3 is 2.72 bits per heavy atom. The van der Waals surface area contributed by atoms with E-state index in [0.717, 1.165) is 0 Å². The van der Waals surface area contributed by atoms with Crippen molar-refractivity contribution in [1.29, 1.82) is 5.26 Å². The molecule has 1 unspecified atom stereocenters. The monoisotopic (exact) mass is 332 g/mol. The highest BCUT2D eigenvalue weighted by Gasteiger charge is 2.24. The zero-order valence-electron chi connectivity index (χ0n) is 9.97. The van der Waals surface area contributed by atoms with E-state index in [-0.39, 0.29) is 6.42 Å². The highest BCUT2D eigenvalue weighted by Crippen LogP contribution is 2.28. The Hall–Kier alpha value is -1.26. The number of benzene rings is 1. The Morgan fingerprint density at radius 1 is 1.56 bits per heavy atom. The number of hydrogen-bond acceptors (Lipinski definition) is 4. The molecule has 98 valence electrons. The molecule has 0 aromatic heterocycles. The van der Waals surface area contributed by atoms with Crippen LogP contribution < -0.4 is 9.46 Å². The van der Waals surface area contributed by atoms with Crippen molar-refractivity contribution in [3.05, 3.63) is 22.7 Å². The maximum absolute atomic E-state index is 11.9. The summed E-state index contributed by atoms with van der Waals surface area (Å²) in [5.41, 5.74) is 0.350. The van der Waals surface area contributed by atoms with E-state index in [9.17, 15) is 8.42 Å². The average molecular weight is 333 g/mol. The quantitative estimate of drug-likeness (QED) is 0.898. The van der Waals surface area contributed by atoms with Crippen LogP contribution in [0, 0.1) is 11.3 Å². The van der Waals surface area contributed by atoms with E-state index < -0.39 is 15.3 Å². The summed E-state index contributed by atoms with van der Waals surface area (Å²) in [6.07, 6.45) is 0.230. The third-order valence-corrected chi connectivity index (χ3v) is 4.70. The molecule has 1 aromatic rings. The molecule has 0 radical (unpaired) electrons. The number of hydrogen-bond donors (Lipinski definition) is 1. The van der Waals surface area contributed by atoms with Crippen LogP contribution in [-0.2, 0) is 10.0 Å². The number of nitrogens with one attached hydrogen (secondary N) is 1. The summed E-state index contributed by atoms with van der Waals surface area (Å²) in [6, 6.07) is 6.68. The van der Waals surface area contributed by atoms with Crippen LogP contribution in [0.4, 0.5) is 5.69 Å². The van der Waals surface area contributed by atoms with Gasteiger partial charge in [0, 0.05) is 10.5 Å². The molecule has 0 aliphatic carbocycles. The molecule has 1 N–H and O–H groups in total. The van der Waals surface area contributed by atoms with Gasteiger partial charge in [-0.15, -0.1) is 0 Å². The second-order valence-corrected chi connectivity index (χ2v) is 6.24. The second kappa shape index (κ2) is 6.07. The fourth-order valence-electron chi connectivity index (χ4n) is 1.31. The van der Waals surface area contributed by atoms with Crippen LogP contribution in [0.2, 0.25) is 0 Å². The van der Waals surface area contributed by atoms with E-state index in [2.05, 4.69) is 20.7 Å². The normalized spacial score (nSPS) is 12.6. The Balaban J connectivity index is 3.08. The van der Waals surface area contributed by atoms with E-state index in [0.29, 0.717) is 15.9 Å². The highest BCUT2D eigenvalue weighted by molar-refractivity contribution is 9.10. The Kier molecular flexibility index (Phi) is 4.99. The van der Waals surface area contributed by atoms with Gasteiger partial charge < -0.3 is 4.74 Å². The summed E-state index contributed by atoms with van der Waals surface area (Å²) >= 11 is 3.24. The molecule has 18 heavy (non-hydrogen) atoms. The van der Waals surface area contributed by atoms with Crippen molar-refractivity contribution in [2.24, 2.45) is 0 Å². The van der Waals surface area contributed by atoms with Crippen molar-refractivity contribution >= 4 is 31.6 Å². The van der Waals surface area contributed by atoms with E-state index in [1.165, 1.54) is 7.11 Å². The molecule has 0 amide bonds. The lowest BCUT2D eigenvalue weighted by molar-refractivity contribution is 0.415. The van der Waals surface area contributed by atoms with Gasteiger partial charge in [0.25, 0.3) is 0 Å². The van der Waals surface area contributed by atoms with Crippen molar-refractivity contribution in [3.63, 3.8) is 0 Å². The molecule has 5 nitrogen and oxygen atoms in total. The number of rotatable bonds is 5. The number of nitriles is 1. The number of ether oxygens (including phenoxy) is 1. The third-order valence-electron chi connectivity index (χ3n) is 2.32. The molecule has 0 spiro atoms. The summed E-state index contributed by atoms with van der Waals surface area (Å²) in [4.78, 5) is 0. The van der Waals surface area contributed by atoms with Gasteiger partial charge in [0.2, 0.25) is 10.0 Å². The van der Waals surface area contributed by atoms with Gasteiger partial charge in [0.1, 0.15) is 5.75 Å². The maximum atomic E-state index is 11.9. The minimum Gasteiger partial charge on any atom is -0.497 e. The summed E-state index contributed by atoms with van der Waals surface area (Å²) < 4.78 is 31.8. The zero-order valence-corrected chi connectivity index (χ0v) is 12.4. The molecule has 0 aliphatic heterocycles. The van der Waals surface area contributed by atoms with Crippen LogP contribution in [0.15, 0.2) is 22.7 Å². The molecular formula is C11H13BrN2O3S. The molecular weight excluding hydrogens is 320 g/mol. The fraction of sp³-hybridized carbons (Fsp3) is 0.364. The van der Waals surface area contributed by atoms with Crippen LogP contribution in [0.1, 0.15) is 13.3 Å². The number of halogens is 1. The fourth-order valence-corrected chi connectivity index (χ4v) is 2.99. The first-order valence-electron chi connectivity index (χ1n) is 5.19. The van der Waals surface area contributed by atoms with E-state index >= 15 is 0 Å². The van der Waals surface area contributed by atoms with Crippen LogP contribution in [-0.4, -0.2) is 20.8 Å². The maximum Gasteiger partial charge on any atom is 0.249 e. The lowest BCUT2D eigenvalue weighted by atomic mass is 10.3. The minimum absolute atomic E-state index is 0.230. The summed E-state index contributed by atoms with van der Waals surface area (Å²) in [6.45, 7) is 1.65. The van der Waals surface area contributed by atoms with E-state index in [1.54, 1.807) is 31.2 Å². The van der Waals surface area contributed by atoms with Crippen molar-refractivity contribution in [2.45, 2.75) is 18.6 Å². The lowest BCUT2D eigenvalue weighted by Crippen LogP contribution is -2.26. The SMILES string of the molecule is CCC(C#N)S(=O)(=O)Nc1cc(OC)ccc1Br. The first-order chi connectivity index (χ1) is 8.44. The molecule has 1 atom stereocenters. The van der Waals surface area contributed by atoms with Gasteiger partial charge in [0.05, 0.1) is 18.9 Å². The van der Waals surface area contributed by atoms with E-state index in [4.69, 9.17) is 10.00 Å². The van der Waals surface area contributed by atoms with Crippen molar-refractivity contribution in [2.75, 3.05) is 11.8 Å². The molecule has 7 heteroatoms. The van der Waals surface area contributed by atoms with Crippen molar-refractivity contribution in [1.82, 2.24) is 0 Å². The molecule has 1 rings (SSSR count). The minimum atomic E-state index is -3.72. The van der Waals surface area contributed by atoms with Crippen LogP contribution >= 0.6 is 15.9 Å². The van der Waals surface area contributed by atoms with Gasteiger partial charge >= 0.3 is 0 Å². The predicted octanol–water partition coefficient (Wildman–Crippen LogP) is 2.50. The molecule has 0 heterocycles. The van der Waals surface area contributed by atoms with Gasteiger partial charge in [-0.25, -0.2) is 8.42 Å². The second-order valence-electron chi connectivity index (χ2n) is 3.52. The lowest BCUT2D eigenvalue weighted by Gasteiger charge is -2.13. The highest BCUT2D eigenvalue weighted by atomic mass is 79.9. The average Bonchev–Trinajstić information content (AvgIpc) is 2.33. The van der Waals surface area contributed by atoms with Crippen molar-refractivity contribution in [3.8, 4) is 11.8 Å². The van der Waals surface area contributed by atoms with Gasteiger partial charge in [0.15, 0.2) is 5.25 Å². The van der Waals surface area contributed by atoms with Gasteiger partial charge in [-0.3, -0.25) is 4.72 Å². The molecule has 0 aliphatic rings. The topological polar surface area (TPSA) is 79.2 Å². The number of anilines is 1. The van der Waals surface area contributed by atoms with Crippen LogP contribution in [0.25, 0.3) is 0 Å². The molecule has 0 saturated carbocycles. The van der Waals surface area contributed by atoms with Crippen LogP contribution in [0.5, 0.6) is 5.75 Å². The third kappa shape index (κ3) is 3.37. The van der Waals surface area contributed by atoms with E-state index in [1.807, 2.05) is 0 Å². The molecule has 1 aromatic carbocycles. The first-order valence-corrected chi connectivity index (χ1v) is 7.53. The number of nitrogens with zero attached hydrogens (tertiary/aromatic N) is 1. The van der Waals surface area contributed by atoms with Gasteiger partial charge in [-0.05, 0) is 34.5 Å². The summed E-state index contributed by atoms with van der Waals surface area (Å²) in [7, 11) is -2.23. The van der Waals surface area contributed by atoms with Gasteiger partial charge in [-0.1, -0.05) is 6.92 Å². The Morgan fingerprint density at radius 2 is 2.22 bits per heavy atom. The molecule has 0 saturated heterocycles. The number of methoxy groups -OCH3 is 1. The smallest absolute Gasteiger partial charge is 0.249 e. The molecule has 0 bridgehead atoms.